The van der Waals surface area contributed by atoms with Crippen LogP contribution < -0.4 is 5.32 Å². The maximum Gasteiger partial charge on any atom is 0.305 e. The lowest BCUT2D eigenvalue weighted by Crippen LogP contribution is -2.07. The topological polar surface area (TPSA) is 54.3 Å². The summed E-state index contributed by atoms with van der Waals surface area (Å²) in [7, 11) is 1.97. The molecule has 1 aromatic heterocycles. The van der Waals surface area contributed by atoms with Crippen LogP contribution >= 0.6 is 15.9 Å². The van der Waals surface area contributed by atoms with Crippen molar-refractivity contribution in [2.45, 2.75) is 6.42 Å². The number of hydrogen-bond donors (Lipinski definition) is 2. The number of carbonyl (C=O) groups is 1. The Balaban J connectivity index is 2.26. The van der Waals surface area contributed by atoms with Crippen LogP contribution in [0.3, 0.4) is 0 Å². The van der Waals surface area contributed by atoms with Crippen LogP contribution in [0.4, 0.5) is 5.69 Å². The van der Waals surface area contributed by atoms with Crippen molar-refractivity contribution in [2.24, 2.45) is 7.05 Å². The fourth-order valence-electron chi connectivity index (χ4n) is 1.80. The largest absolute Gasteiger partial charge is 0.481 e. The first-order valence-electron chi connectivity index (χ1n) is 5.28. The van der Waals surface area contributed by atoms with Crippen LogP contribution in [0.2, 0.25) is 0 Å². The second-order valence-electron chi connectivity index (χ2n) is 3.89. The Kier molecular flexibility index (Phi) is 3.38. The summed E-state index contributed by atoms with van der Waals surface area (Å²) in [4.78, 5) is 10.5. The van der Waals surface area contributed by atoms with E-state index in [4.69, 9.17) is 5.11 Å². The maximum absolute atomic E-state index is 10.5. The minimum Gasteiger partial charge on any atom is -0.481 e. The normalized spacial score (nSPS) is 10.7. The van der Waals surface area contributed by atoms with E-state index >= 15 is 0 Å². The number of fused-ring (bicyclic) bond motifs is 1. The highest BCUT2D eigenvalue weighted by atomic mass is 79.9. The summed E-state index contributed by atoms with van der Waals surface area (Å²) < 4.78 is 3.05. The smallest absolute Gasteiger partial charge is 0.305 e. The Labute approximate surface area is 107 Å². The van der Waals surface area contributed by atoms with E-state index in [0.29, 0.717) is 6.54 Å². The van der Waals surface area contributed by atoms with Gasteiger partial charge in [-0.25, -0.2) is 0 Å². The van der Waals surface area contributed by atoms with Gasteiger partial charge in [0, 0.05) is 29.6 Å². The molecule has 0 aliphatic heterocycles. The third kappa shape index (κ3) is 2.61. The van der Waals surface area contributed by atoms with E-state index < -0.39 is 5.97 Å². The summed E-state index contributed by atoms with van der Waals surface area (Å²) >= 11 is 3.44. The number of carboxylic acid groups (broad SMARTS) is 1. The van der Waals surface area contributed by atoms with Gasteiger partial charge in [0.2, 0.25) is 0 Å². The zero-order chi connectivity index (χ0) is 12.4. The number of aromatic nitrogens is 1. The van der Waals surface area contributed by atoms with Crippen molar-refractivity contribution >= 4 is 38.5 Å². The average Bonchev–Trinajstić information content (AvgIpc) is 2.55. The number of anilines is 1. The number of nitrogens with one attached hydrogen (secondary N) is 1. The monoisotopic (exact) mass is 296 g/mol. The zero-order valence-electron chi connectivity index (χ0n) is 9.40. The highest BCUT2D eigenvalue weighted by Crippen LogP contribution is 2.27. The van der Waals surface area contributed by atoms with Gasteiger partial charge in [-0.05, 0) is 18.2 Å². The number of halogens is 1. The molecule has 17 heavy (non-hydrogen) atoms. The van der Waals surface area contributed by atoms with E-state index in [1.165, 1.54) is 0 Å². The van der Waals surface area contributed by atoms with Crippen molar-refractivity contribution in [2.75, 3.05) is 11.9 Å². The Morgan fingerprint density at radius 3 is 3.00 bits per heavy atom. The first-order valence-corrected chi connectivity index (χ1v) is 6.07. The maximum atomic E-state index is 10.5. The molecule has 0 bridgehead atoms. The minimum atomic E-state index is -0.791. The van der Waals surface area contributed by atoms with Gasteiger partial charge in [0.25, 0.3) is 0 Å². The molecule has 1 heterocycles. The van der Waals surface area contributed by atoms with E-state index in [1.807, 2.05) is 36.0 Å². The van der Waals surface area contributed by atoms with Crippen LogP contribution in [0.25, 0.3) is 10.9 Å². The molecule has 0 saturated heterocycles. The highest BCUT2D eigenvalue weighted by Gasteiger charge is 2.06. The minimum absolute atomic E-state index is 0.118. The first kappa shape index (κ1) is 12.0. The van der Waals surface area contributed by atoms with Crippen LogP contribution in [0.15, 0.2) is 28.9 Å². The molecule has 90 valence electrons. The molecule has 0 radical (unpaired) electrons. The van der Waals surface area contributed by atoms with Gasteiger partial charge in [-0.3, -0.25) is 4.79 Å². The van der Waals surface area contributed by atoms with E-state index in [0.717, 1.165) is 21.1 Å². The number of aliphatic carboxylic acids is 1. The van der Waals surface area contributed by atoms with Crippen LogP contribution in [0.1, 0.15) is 6.42 Å². The molecule has 0 fully saturated rings. The fourth-order valence-corrected chi connectivity index (χ4v) is 2.15. The van der Waals surface area contributed by atoms with Crippen LogP contribution in [-0.4, -0.2) is 22.2 Å². The molecule has 0 saturated carbocycles. The van der Waals surface area contributed by atoms with Gasteiger partial charge >= 0.3 is 5.97 Å². The molecule has 0 amide bonds. The van der Waals surface area contributed by atoms with E-state index in [9.17, 15) is 4.79 Å². The Morgan fingerprint density at radius 1 is 1.53 bits per heavy atom. The third-order valence-electron chi connectivity index (χ3n) is 2.61. The van der Waals surface area contributed by atoms with Gasteiger partial charge in [0.1, 0.15) is 0 Å². The number of hydrogen-bond acceptors (Lipinski definition) is 2. The molecule has 2 rings (SSSR count). The number of nitrogens with zero attached hydrogens (tertiary/aromatic N) is 1. The Bertz CT molecular complexity index is 563. The van der Waals surface area contributed by atoms with Gasteiger partial charge in [-0.15, -0.1) is 0 Å². The molecular weight excluding hydrogens is 284 g/mol. The highest BCUT2D eigenvalue weighted by molar-refractivity contribution is 9.10. The summed E-state index contributed by atoms with van der Waals surface area (Å²) in [6.07, 6.45) is 2.09. The second-order valence-corrected chi connectivity index (χ2v) is 4.80. The van der Waals surface area contributed by atoms with Crippen LogP contribution in [0, 0.1) is 0 Å². The first-order chi connectivity index (χ1) is 8.08. The molecule has 1 aromatic carbocycles. The fraction of sp³-hybridized carbons (Fsp3) is 0.250. The van der Waals surface area contributed by atoms with Crippen LogP contribution in [-0.2, 0) is 11.8 Å². The number of carboxylic acids is 1. The lowest BCUT2D eigenvalue weighted by Gasteiger charge is -2.02. The number of aryl methyl sites for hydroxylation is 1. The third-order valence-corrected chi connectivity index (χ3v) is 3.10. The van der Waals surface area contributed by atoms with Crippen molar-refractivity contribution in [1.29, 1.82) is 0 Å². The SMILES string of the molecule is Cn1cc(NCCC(=O)O)c2ccc(Br)cc21. The summed E-state index contributed by atoms with van der Waals surface area (Å²) in [5, 5.41) is 12.8. The summed E-state index contributed by atoms with van der Waals surface area (Å²) in [6, 6.07) is 6.03. The van der Waals surface area contributed by atoms with Crippen molar-refractivity contribution in [3.63, 3.8) is 0 Å². The van der Waals surface area contributed by atoms with Crippen molar-refractivity contribution in [1.82, 2.24) is 4.57 Å². The van der Waals surface area contributed by atoms with Crippen molar-refractivity contribution < 1.29 is 9.90 Å². The van der Waals surface area contributed by atoms with Crippen LogP contribution in [0.5, 0.6) is 0 Å². The lowest BCUT2D eigenvalue weighted by molar-refractivity contribution is -0.136. The molecule has 0 unspecified atom stereocenters. The molecule has 2 aromatic rings. The zero-order valence-corrected chi connectivity index (χ0v) is 11.0. The van der Waals surface area contributed by atoms with Gasteiger partial charge in [-0.2, -0.15) is 0 Å². The van der Waals surface area contributed by atoms with E-state index in [-0.39, 0.29) is 6.42 Å². The molecular formula is C12H13BrN2O2. The summed E-state index contributed by atoms with van der Waals surface area (Å²) in [5.74, 6) is -0.791. The molecule has 2 N–H and O–H groups in total. The van der Waals surface area contributed by atoms with Crippen molar-refractivity contribution in [3.8, 4) is 0 Å². The molecule has 5 heteroatoms. The predicted octanol–water partition coefficient (Wildman–Crippen LogP) is 2.83. The predicted molar refractivity (Wildman–Crippen MR) is 71.4 cm³/mol. The average molecular weight is 297 g/mol. The Morgan fingerprint density at radius 2 is 2.29 bits per heavy atom. The molecule has 0 atom stereocenters. The number of benzene rings is 1. The summed E-state index contributed by atoms with van der Waals surface area (Å²) in [5.41, 5.74) is 2.08. The van der Waals surface area contributed by atoms with E-state index in [1.54, 1.807) is 0 Å². The molecule has 4 nitrogen and oxygen atoms in total. The van der Waals surface area contributed by atoms with Gasteiger partial charge < -0.3 is 15.0 Å². The lowest BCUT2D eigenvalue weighted by atomic mass is 10.2. The number of rotatable bonds is 4. The van der Waals surface area contributed by atoms with Gasteiger partial charge in [0.05, 0.1) is 17.6 Å². The standard InChI is InChI=1S/C12H13BrN2O2/c1-15-7-10(14-5-4-12(16)17)9-3-2-8(13)6-11(9)15/h2-3,6-7,14H,4-5H2,1H3,(H,16,17). The van der Waals surface area contributed by atoms with Gasteiger partial charge in [0.15, 0.2) is 0 Å². The quantitative estimate of drug-likeness (QED) is 0.912. The van der Waals surface area contributed by atoms with Crippen molar-refractivity contribution in [3.05, 3.63) is 28.9 Å². The Hall–Kier alpha value is -1.49. The molecule has 0 aliphatic carbocycles. The molecule has 0 aliphatic rings. The van der Waals surface area contributed by atoms with E-state index in [2.05, 4.69) is 21.2 Å². The summed E-state index contributed by atoms with van der Waals surface area (Å²) in [6.45, 7) is 0.435. The molecule has 0 spiro atoms. The second kappa shape index (κ2) is 4.79. The van der Waals surface area contributed by atoms with Gasteiger partial charge in [-0.1, -0.05) is 15.9 Å².